The number of ketones is 1. The van der Waals surface area contributed by atoms with Crippen molar-refractivity contribution in [3.05, 3.63) is 105 Å². The number of nitrogens with zero attached hydrogens (tertiary/aromatic N) is 1. The highest BCUT2D eigenvalue weighted by Crippen LogP contribution is 2.48. The number of methoxy groups -OCH3 is 2. The molecule has 2 aromatic carbocycles. The number of hydrogen-bond acceptors (Lipinski definition) is 6. The predicted octanol–water partition coefficient (Wildman–Crippen LogP) is 4.62. The number of carbonyl (C=O) groups is 3. The second-order valence-electron chi connectivity index (χ2n) is 8.96. The molecule has 0 bridgehead atoms. The smallest absolute Gasteiger partial charge is 0.337 e. The third-order valence-electron chi connectivity index (χ3n) is 6.96. The van der Waals surface area contributed by atoms with Gasteiger partial charge in [0, 0.05) is 39.5 Å². The molecule has 7 heteroatoms. The number of esters is 2. The molecule has 1 atom stereocenters. The lowest BCUT2D eigenvalue weighted by Gasteiger charge is -2.29. The number of rotatable bonds is 4. The molecule has 0 fully saturated rings. The van der Waals surface area contributed by atoms with Gasteiger partial charge in [-0.2, -0.15) is 0 Å². The monoisotopic (exact) mass is 482 g/mol. The maximum Gasteiger partial charge on any atom is 0.337 e. The van der Waals surface area contributed by atoms with Crippen LogP contribution >= 0.6 is 0 Å². The zero-order valence-corrected chi connectivity index (χ0v) is 20.8. The molecule has 5 rings (SSSR count). The van der Waals surface area contributed by atoms with Crippen molar-refractivity contribution in [3.8, 4) is 5.69 Å². The van der Waals surface area contributed by atoms with E-state index in [0.717, 1.165) is 33.9 Å². The molecule has 1 aliphatic carbocycles. The van der Waals surface area contributed by atoms with Crippen LogP contribution in [0.25, 0.3) is 11.4 Å². The molecule has 0 saturated heterocycles. The van der Waals surface area contributed by atoms with E-state index in [0.29, 0.717) is 28.0 Å². The fraction of sp³-hybridized carbons (Fsp3) is 0.207. The minimum Gasteiger partial charge on any atom is -0.466 e. The number of benzene rings is 2. The Bertz CT molecular complexity index is 1520. The first-order valence-electron chi connectivity index (χ1n) is 11.6. The Kier molecular flexibility index (Phi) is 5.63. The average Bonchev–Trinajstić information content (AvgIpc) is 3.34. The number of allylic oxidation sites excluding steroid dienone is 2. The summed E-state index contributed by atoms with van der Waals surface area (Å²) in [6, 6.07) is 16.6. The van der Waals surface area contributed by atoms with Crippen molar-refractivity contribution in [2.75, 3.05) is 14.2 Å². The zero-order valence-electron chi connectivity index (χ0n) is 20.8. The molecule has 0 amide bonds. The Hall–Kier alpha value is -4.39. The molecule has 0 saturated carbocycles. The summed E-state index contributed by atoms with van der Waals surface area (Å²) in [6.07, 6.45) is 0. The molecule has 0 spiro atoms. The number of ether oxygens (including phenoxy) is 2. The molecule has 36 heavy (non-hydrogen) atoms. The van der Waals surface area contributed by atoms with E-state index >= 15 is 0 Å². The Morgan fingerprint density at radius 2 is 1.58 bits per heavy atom. The Balaban J connectivity index is 1.72. The van der Waals surface area contributed by atoms with Crippen molar-refractivity contribution in [2.24, 2.45) is 0 Å². The Labute approximate surface area is 209 Å². The van der Waals surface area contributed by atoms with Crippen LogP contribution in [0.4, 0.5) is 0 Å². The van der Waals surface area contributed by atoms with E-state index in [4.69, 9.17) is 9.47 Å². The first kappa shape index (κ1) is 23.4. The van der Waals surface area contributed by atoms with E-state index < -0.39 is 17.9 Å². The number of dihydropyridines is 1. The Morgan fingerprint density at radius 1 is 0.889 bits per heavy atom. The molecule has 1 aromatic heterocycles. The summed E-state index contributed by atoms with van der Waals surface area (Å²) in [4.78, 5) is 38.9. The average molecular weight is 483 g/mol. The van der Waals surface area contributed by atoms with Gasteiger partial charge in [-0.05, 0) is 50.6 Å². The van der Waals surface area contributed by atoms with Gasteiger partial charge in [0.1, 0.15) is 0 Å². The summed E-state index contributed by atoms with van der Waals surface area (Å²) in [5.74, 6) is -1.63. The number of aromatic nitrogens is 1. The zero-order chi connectivity index (χ0) is 25.7. The van der Waals surface area contributed by atoms with E-state index in [9.17, 15) is 14.4 Å². The highest BCUT2D eigenvalue weighted by Gasteiger charge is 2.43. The maximum atomic E-state index is 13.7. The van der Waals surface area contributed by atoms with Crippen molar-refractivity contribution in [2.45, 2.75) is 26.7 Å². The summed E-state index contributed by atoms with van der Waals surface area (Å²) >= 11 is 0. The first-order chi connectivity index (χ1) is 17.3. The van der Waals surface area contributed by atoms with Crippen LogP contribution < -0.4 is 5.32 Å². The van der Waals surface area contributed by atoms with Crippen molar-refractivity contribution < 1.29 is 23.9 Å². The van der Waals surface area contributed by atoms with Crippen molar-refractivity contribution in [1.82, 2.24) is 9.88 Å². The van der Waals surface area contributed by atoms with E-state index in [1.807, 2.05) is 61.7 Å². The molecule has 0 unspecified atom stereocenters. The van der Waals surface area contributed by atoms with Gasteiger partial charge in [-0.1, -0.05) is 30.3 Å². The number of fused-ring (bicyclic) bond motifs is 2. The highest BCUT2D eigenvalue weighted by molar-refractivity contribution is 6.23. The lowest BCUT2D eigenvalue weighted by Crippen LogP contribution is -2.29. The minimum atomic E-state index is -0.614. The number of aryl methyl sites for hydroxylation is 1. The van der Waals surface area contributed by atoms with Crippen LogP contribution in [-0.2, 0) is 14.3 Å². The number of Topliss-reactive ketones (excluding diaryl/α,β-unsaturated/α-hetero) is 1. The molecule has 182 valence electrons. The van der Waals surface area contributed by atoms with Crippen LogP contribution in [0.3, 0.4) is 0 Å². The predicted molar refractivity (Wildman–Crippen MR) is 135 cm³/mol. The summed E-state index contributed by atoms with van der Waals surface area (Å²) in [6.45, 7) is 5.73. The van der Waals surface area contributed by atoms with Crippen molar-refractivity contribution in [1.29, 1.82) is 0 Å². The van der Waals surface area contributed by atoms with E-state index in [-0.39, 0.29) is 5.78 Å². The standard InChI is InChI=1S/C29H26N2O5/c1-15-13-22(17(3)31(15)19-10-8-9-18(14-19)28(33)35-4)24-23(29(34)36-5)16(2)30-26-20-11-6-7-12-21(20)27(32)25(24)26/h6-14,24,30H,1-5H3/t24-/m1/s1. The lowest BCUT2D eigenvalue weighted by atomic mass is 9.79. The number of nitrogens with one attached hydrogen (secondary N) is 1. The van der Waals surface area contributed by atoms with Crippen LogP contribution in [-0.4, -0.2) is 36.5 Å². The van der Waals surface area contributed by atoms with Crippen molar-refractivity contribution >= 4 is 23.4 Å². The SMILES string of the molecule is COC(=O)C1=C(C)NC2=C(C(=O)c3ccccc32)[C@@H]1c1cc(C)n(-c2cccc(C(=O)OC)c2)c1C. The molecule has 2 aliphatic rings. The normalized spacial score (nSPS) is 16.5. The summed E-state index contributed by atoms with van der Waals surface area (Å²) in [7, 11) is 2.69. The molecule has 1 N–H and O–H groups in total. The van der Waals surface area contributed by atoms with E-state index in [1.165, 1.54) is 14.2 Å². The second kappa shape index (κ2) is 8.68. The van der Waals surface area contributed by atoms with Crippen LogP contribution in [0, 0.1) is 13.8 Å². The van der Waals surface area contributed by atoms with Crippen molar-refractivity contribution in [3.63, 3.8) is 0 Å². The van der Waals surface area contributed by atoms with E-state index in [1.54, 1.807) is 18.2 Å². The van der Waals surface area contributed by atoms with Gasteiger partial charge < -0.3 is 19.4 Å². The van der Waals surface area contributed by atoms with Crippen LogP contribution in [0.15, 0.2) is 71.4 Å². The minimum absolute atomic E-state index is 0.107. The highest BCUT2D eigenvalue weighted by atomic mass is 16.5. The largest absolute Gasteiger partial charge is 0.466 e. The third kappa shape index (κ3) is 3.39. The summed E-state index contributed by atoms with van der Waals surface area (Å²) in [5.41, 5.74) is 7.53. The van der Waals surface area contributed by atoms with Gasteiger partial charge >= 0.3 is 11.9 Å². The molecule has 0 radical (unpaired) electrons. The lowest BCUT2D eigenvalue weighted by molar-refractivity contribution is -0.136. The summed E-state index contributed by atoms with van der Waals surface area (Å²) in [5, 5.41) is 3.31. The van der Waals surface area contributed by atoms with Gasteiger partial charge in [0.15, 0.2) is 5.78 Å². The number of hydrogen-bond donors (Lipinski definition) is 1. The van der Waals surface area contributed by atoms with Gasteiger partial charge in [-0.25, -0.2) is 9.59 Å². The van der Waals surface area contributed by atoms with Gasteiger partial charge in [0.25, 0.3) is 0 Å². The molecule has 2 heterocycles. The van der Waals surface area contributed by atoms with Crippen LogP contribution in [0.2, 0.25) is 0 Å². The van der Waals surface area contributed by atoms with E-state index in [2.05, 4.69) is 5.32 Å². The fourth-order valence-electron chi connectivity index (χ4n) is 5.39. The molecule has 1 aliphatic heterocycles. The summed E-state index contributed by atoms with van der Waals surface area (Å²) < 4.78 is 12.1. The van der Waals surface area contributed by atoms with Gasteiger partial charge in [-0.15, -0.1) is 0 Å². The van der Waals surface area contributed by atoms with Gasteiger partial charge in [0.05, 0.1) is 37.0 Å². The maximum absolute atomic E-state index is 13.7. The van der Waals surface area contributed by atoms with Gasteiger partial charge in [-0.3, -0.25) is 4.79 Å². The second-order valence-corrected chi connectivity index (χ2v) is 8.96. The molecular weight excluding hydrogens is 456 g/mol. The third-order valence-corrected chi connectivity index (χ3v) is 6.96. The molecule has 7 nitrogen and oxygen atoms in total. The van der Waals surface area contributed by atoms with Crippen LogP contribution in [0.5, 0.6) is 0 Å². The quantitative estimate of drug-likeness (QED) is 0.546. The first-order valence-corrected chi connectivity index (χ1v) is 11.6. The fourth-order valence-corrected chi connectivity index (χ4v) is 5.39. The van der Waals surface area contributed by atoms with Gasteiger partial charge in [0.2, 0.25) is 0 Å². The van der Waals surface area contributed by atoms with Crippen LogP contribution in [0.1, 0.15) is 56.1 Å². The molecular formula is C29H26N2O5. The Morgan fingerprint density at radius 3 is 2.28 bits per heavy atom. The number of carbonyl (C=O) groups excluding carboxylic acids is 3. The molecule has 3 aromatic rings. The topological polar surface area (TPSA) is 86.6 Å².